The molecule has 1 aromatic heterocycles. The van der Waals surface area contributed by atoms with Crippen LogP contribution in [0.25, 0.3) is 0 Å². The van der Waals surface area contributed by atoms with Crippen LogP contribution in [-0.2, 0) is 23.8 Å². The molecular weight excluding hydrogens is 302 g/mol. The Hall–Kier alpha value is -2.14. The van der Waals surface area contributed by atoms with E-state index in [1.165, 1.54) is 5.56 Å². The Morgan fingerprint density at radius 3 is 2.54 bits per heavy atom. The van der Waals surface area contributed by atoms with E-state index < -0.39 is 11.4 Å². The molecule has 0 bridgehead atoms. The lowest BCUT2D eigenvalue weighted by atomic mass is 9.72. The van der Waals surface area contributed by atoms with Crippen LogP contribution in [0.15, 0.2) is 30.5 Å². The normalized spacial score (nSPS) is 17.8. The molecule has 128 valence electrons. The minimum Gasteiger partial charge on any atom is -0.481 e. The largest absolute Gasteiger partial charge is 0.481 e. The van der Waals surface area contributed by atoms with Crippen molar-refractivity contribution in [2.24, 2.45) is 7.05 Å². The minimum absolute atomic E-state index is 0.637. The fraction of sp³-hybridized carbons (Fsp3) is 0.474. The van der Waals surface area contributed by atoms with Crippen molar-refractivity contribution in [2.75, 3.05) is 13.1 Å². The molecule has 1 N–H and O–H groups in total. The lowest BCUT2D eigenvalue weighted by Gasteiger charge is -2.39. The highest BCUT2D eigenvalue weighted by molar-refractivity contribution is 5.81. The number of carbonyl (C=O) groups is 1. The van der Waals surface area contributed by atoms with Gasteiger partial charge in [0.15, 0.2) is 0 Å². The number of aromatic nitrogens is 2. The Bertz CT molecular complexity index is 743. The molecule has 2 aromatic rings. The molecule has 5 heteroatoms. The second-order valence-electron chi connectivity index (χ2n) is 6.97. The Balaban J connectivity index is 1.76. The summed E-state index contributed by atoms with van der Waals surface area (Å²) in [5.41, 5.74) is 3.55. The van der Waals surface area contributed by atoms with E-state index in [9.17, 15) is 9.90 Å². The van der Waals surface area contributed by atoms with Gasteiger partial charge in [0.05, 0.1) is 11.1 Å². The number of rotatable bonds is 4. The topological polar surface area (TPSA) is 58.4 Å². The van der Waals surface area contributed by atoms with Gasteiger partial charge < -0.3 is 5.11 Å². The van der Waals surface area contributed by atoms with Crippen LogP contribution >= 0.6 is 0 Å². The third kappa shape index (κ3) is 3.08. The minimum atomic E-state index is -0.762. The van der Waals surface area contributed by atoms with Gasteiger partial charge in [-0.2, -0.15) is 5.10 Å². The van der Waals surface area contributed by atoms with E-state index in [-0.39, 0.29) is 0 Å². The van der Waals surface area contributed by atoms with Gasteiger partial charge in [-0.25, -0.2) is 0 Å². The van der Waals surface area contributed by atoms with Gasteiger partial charge in [0.1, 0.15) is 0 Å². The summed E-state index contributed by atoms with van der Waals surface area (Å²) in [6, 6.07) is 7.95. The number of likely N-dealkylation sites (tertiary alicyclic amines) is 1. The first kappa shape index (κ1) is 16.7. The van der Waals surface area contributed by atoms with Crippen molar-refractivity contribution in [3.05, 3.63) is 52.8 Å². The van der Waals surface area contributed by atoms with Crippen LogP contribution in [0.3, 0.4) is 0 Å². The second kappa shape index (κ2) is 6.40. The number of aryl methyl sites for hydroxylation is 3. The Morgan fingerprint density at radius 1 is 1.29 bits per heavy atom. The van der Waals surface area contributed by atoms with Gasteiger partial charge in [-0.05, 0) is 50.9 Å². The molecule has 2 heterocycles. The molecule has 5 nitrogen and oxygen atoms in total. The van der Waals surface area contributed by atoms with E-state index in [4.69, 9.17) is 0 Å². The van der Waals surface area contributed by atoms with Gasteiger partial charge in [0.2, 0.25) is 0 Å². The van der Waals surface area contributed by atoms with Crippen molar-refractivity contribution in [3.8, 4) is 0 Å². The van der Waals surface area contributed by atoms with Gasteiger partial charge in [-0.3, -0.25) is 14.4 Å². The average Bonchev–Trinajstić information content (AvgIpc) is 2.85. The fourth-order valence-electron chi connectivity index (χ4n) is 3.68. The lowest BCUT2D eigenvalue weighted by Crippen LogP contribution is -2.47. The molecule has 1 fully saturated rings. The van der Waals surface area contributed by atoms with Crippen LogP contribution < -0.4 is 0 Å². The molecular formula is C19H25N3O2. The highest BCUT2D eigenvalue weighted by Gasteiger charge is 2.43. The summed E-state index contributed by atoms with van der Waals surface area (Å²) < 4.78 is 1.84. The van der Waals surface area contributed by atoms with Crippen molar-refractivity contribution in [1.29, 1.82) is 0 Å². The summed E-state index contributed by atoms with van der Waals surface area (Å²) in [6.07, 6.45) is 3.29. The van der Waals surface area contributed by atoms with E-state index in [0.29, 0.717) is 12.8 Å². The standard InChI is InChI=1S/C19H25N3O2/c1-14-5-4-6-16(11-14)19(18(23)24)7-9-22(10-8-19)13-17-15(2)12-21(3)20-17/h4-6,11-12H,7-10,13H2,1-3H3,(H,23,24). The van der Waals surface area contributed by atoms with Crippen LogP contribution in [0.2, 0.25) is 0 Å². The van der Waals surface area contributed by atoms with Gasteiger partial charge in [0.25, 0.3) is 0 Å². The van der Waals surface area contributed by atoms with Crippen molar-refractivity contribution in [3.63, 3.8) is 0 Å². The Morgan fingerprint density at radius 2 is 2.00 bits per heavy atom. The van der Waals surface area contributed by atoms with E-state index in [1.807, 2.05) is 49.1 Å². The lowest BCUT2D eigenvalue weighted by molar-refractivity contribution is -0.146. The second-order valence-corrected chi connectivity index (χ2v) is 6.97. The number of benzene rings is 1. The zero-order chi connectivity index (χ0) is 17.3. The molecule has 1 saturated heterocycles. The molecule has 0 unspecified atom stereocenters. The summed E-state index contributed by atoms with van der Waals surface area (Å²) in [5.74, 6) is -0.707. The number of carboxylic acids is 1. The van der Waals surface area contributed by atoms with Gasteiger partial charge in [-0.1, -0.05) is 29.8 Å². The van der Waals surface area contributed by atoms with E-state index in [0.717, 1.165) is 36.5 Å². The van der Waals surface area contributed by atoms with Gasteiger partial charge in [-0.15, -0.1) is 0 Å². The van der Waals surface area contributed by atoms with Gasteiger partial charge >= 0.3 is 5.97 Å². The average molecular weight is 327 g/mol. The predicted octanol–water partition coefficient (Wildman–Crippen LogP) is 2.66. The SMILES string of the molecule is Cc1cccc(C2(C(=O)O)CCN(Cc3nn(C)cc3C)CC2)c1. The number of piperidine rings is 1. The summed E-state index contributed by atoms with van der Waals surface area (Å²) in [5, 5.41) is 14.4. The highest BCUT2D eigenvalue weighted by Crippen LogP contribution is 2.36. The highest BCUT2D eigenvalue weighted by atomic mass is 16.4. The van der Waals surface area contributed by atoms with Crippen molar-refractivity contribution in [1.82, 2.24) is 14.7 Å². The zero-order valence-corrected chi connectivity index (χ0v) is 14.6. The Labute approximate surface area is 142 Å². The van der Waals surface area contributed by atoms with E-state index in [2.05, 4.69) is 16.9 Å². The molecule has 3 rings (SSSR count). The summed E-state index contributed by atoms with van der Waals surface area (Å²) in [6.45, 7) is 6.42. The monoisotopic (exact) mass is 327 g/mol. The van der Waals surface area contributed by atoms with Crippen molar-refractivity contribution < 1.29 is 9.90 Å². The number of hydrogen-bond donors (Lipinski definition) is 1. The number of carboxylic acid groups (broad SMARTS) is 1. The predicted molar refractivity (Wildman–Crippen MR) is 92.9 cm³/mol. The molecule has 1 aromatic carbocycles. The first-order chi connectivity index (χ1) is 11.4. The quantitative estimate of drug-likeness (QED) is 0.938. The maximum atomic E-state index is 12.1. The maximum absolute atomic E-state index is 12.1. The summed E-state index contributed by atoms with van der Waals surface area (Å²) in [4.78, 5) is 14.4. The van der Waals surface area contributed by atoms with Crippen LogP contribution in [0.4, 0.5) is 0 Å². The van der Waals surface area contributed by atoms with E-state index >= 15 is 0 Å². The number of hydrogen-bond acceptors (Lipinski definition) is 3. The van der Waals surface area contributed by atoms with Crippen LogP contribution in [-0.4, -0.2) is 38.8 Å². The maximum Gasteiger partial charge on any atom is 0.314 e. The first-order valence-electron chi connectivity index (χ1n) is 8.43. The van der Waals surface area contributed by atoms with Crippen LogP contribution in [0.5, 0.6) is 0 Å². The van der Waals surface area contributed by atoms with Crippen LogP contribution in [0, 0.1) is 13.8 Å². The number of aliphatic carboxylic acids is 1. The van der Waals surface area contributed by atoms with Gasteiger partial charge in [0, 0.05) is 19.8 Å². The first-order valence-corrected chi connectivity index (χ1v) is 8.43. The molecule has 0 spiro atoms. The molecule has 0 saturated carbocycles. The fourth-order valence-corrected chi connectivity index (χ4v) is 3.68. The molecule has 1 aliphatic rings. The van der Waals surface area contributed by atoms with Crippen molar-refractivity contribution >= 4 is 5.97 Å². The third-order valence-electron chi connectivity index (χ3n) is 5.18. The molecule has 0 aliphatic carbocycles. The molecule has 24 heavy (non-hydrogen) atoms. The molecule has 0 atom stereocenters. The zero-order valence-electron chi connectivity index (χ0n) is 14.6. The van der Waals surface area contributed by atoms with Crippen LogP contribution in [0.1, 0.15) is 35.2 Å². The molecule has 1 aliphatic heterocycles. The van der Waals surface area contributed by atoms with Crippen molar-refractivity contribution in [2.45, 2.75) is 38.6 Å². The summed E-state index contributed by atoms with van der Waals surface area (Å²) in [7, 11) is 1.93. The molecule has 0 radical (unpaired) electrons. The Kier molecular flexibility index (Phi) is 4.45. The third-order valence-corrected chi connectivity index (χ3v) is 5.18. The molecule has 0 amide bonds. The smallest absolute Gasteiger partial charge is 0.314 e. The number of nitrogens with zero attached hydrogens (tertiary/aromatic N) is 3. The van der Waals surface area contributed by atoms with E-state index in [1.54, 1.807) is 0 Å². The summed E-state index contributed by atoms with van der Waals surface area (Å²) >= 11 is 0.